The van der Waals surface area contributed by atoms with Crippen molar-refractivity contribution in [1.29, 1.82) is 0 Å². The SMILES string of the molecule is ClC1=C(Cl)[C@]2(Cl)C3C(Cl)C(Cl)CC3[C@]1(Cl)C2(Cl)Cl. The topological polar surface area (TPSA) is 0 Å². The molecule has 3 aliphatic carbocycles. The molecule has 0 nitrogen and oxygen atoms in total. The van der Waals surface area contributed by atoms with Gasteiger partial charge in [-0.2, -0.15) is 0 Å². The highest BCUT2D eigenvalue weighted by atomic mass is 35.5. The molecule has 0 aromatic carbocycles. The Bertz CT molecular complexity index is 459. The second-order valence-electron chi connectivity index (χ2n) is 4.95. The van der Waals surface area contributed by atoms with Crippen molar-refractivity contribution >= 4 is 92.8 Å². The predicted octanol–water partition coefficient (Wildman–Crippen LogP) is 5.68. The largest absolute Gasteiger partial charge is 0.166 e. The molecule has 2 saturated carbocycles. The lowest BCUT2D eigenvalue weighted by molar-refractivity contribution is 0.385. The van der Waals surface area contributed by atoms with Crippen LogP contribution in [0.1, 0.15) is 6.42 Å². The van der Waals surface area contributed by atoms with E-state index in [1.54, 1.807) is 0 Å². The molecule has 0 saturated heterocycles. The maximum absolute atomic E-state index is 6.62. The molecule has 0 aliphatic heterocycles. The highest BCUT2D eigenvalue weighted by Crippen LogP contribution is 2.79. The number of fused-ring (bicyclic) bond motifs is 5. The molecule has 0 heterocycles. The highest BCUT2D eigenvalue weighted by molar-refractivity contribution is 6.66. The average Bonchev–Trinajstić information content (AvgIpc) is 2.69. The first-order valence-electron chi connectivity index (χ1n) is 5.21. The number of allylic oxidation sites excluding steroid dienone is 2. The van der Waals surface area contributed by atoms with E-state index in [4.69, 9.17) is 92.8 Å². The maximum Gasteiger partial charge on any atom is 0.166 e. The Hall–Kier alpha value is 2.06. The smallest absolute Gasteiger partial charge is 0.121 e. The molecule has 2 fully saturated rings. The highest BCUT2D eigenvalue weighted by Gasteiger charge is 2.84. The van der Waals surface area contributed by atoms with Gasteiger partial charge in [-0.15, -0.1) is 46.4 Å². The normalized spacial score (nSPS) is 57.3. The van der Waals surface area contributed by atoms with Gasteiger partial charge >= 0.3 is 0 Å². The lowest BCUT2D eigenvalue weighted by Crippen LogP contribution is -2.47. The van der Waals surface area contributed by atoms with E-state index in [0.29, 0.717) is 6.42 Å². The Morgan fingerprint density at radius 3 is 1.94 bits per heavy atom. The summed E-state index contributed by atoms with van der Waals surface area (Å²) in [5.74, 6) is -0.488. The van der Waals surface area contributed by atoms with Crippen LogP contribution in [0.5, 0.6) is 0 Å². The Kier molecular flexibility index (Phi) is 3.39. The van der Waals surface area contributed by atoms with Gasteiger partial charge in [-0.1, -0.05) is 46.4 Å². The second-order valence-corrected chi connectivity index (χ2v) is 9.29. The molecule has 18 heavy (non-hydrogen) atoms. The van der Waals surface area contributed by atoms with Crippen molar-refractivity contribution in [3.8, 4) is 0 Å². The molecule has 0 amide bonds. The summed E-state index contributed by atoms with van der Waals surface area (Å²) in [6.45, 7) is 0. The summed E-state index contributed by atoms with van der Waals surface area (Å²) in [6, 6.07) is 0. The van der Waals surface area contributed by atoms with Crippen LogP contribution >= 0.6 is 92.8 Å². The van der Waals surface area contributed by atoms with E-state index in [9.17, 15) is 0 Å². The molecule has 0 radical (unpaired) electrons. The first-order valence-corrected chi connectivity index (χ1v) is 8.35. The van der Waals surface area contributed by atoms with Crippen LogP contribution in [0.15, 0.2) is 10.1 Å². The van der Waals surface area contributed by atoms with E-state index < -0.39 is 19.5 Å². The van der Waals surface area contributed by atoms with Crippen molar-refractivity contribution in [2.45, 2.75) is 31.3 Å². The molecule has 2 bridgehead atoms. The van der Waals surface area contributed by atoms with Crippen LogP contribution in [-0.4, -0.2) is 24.8 Å². The van der Waals surface area contributed by atoms with Crippen LogP contribution in [0.3, 0.4) is 0 Å². The first-order chi connectivity index (χ1) is 8.11. The number of rotatable bonds is 0. The maximum atomic E-state index is 6.62. The molecule has 3 rings (SSSR count). The Labute approximate surface area is 145 Å². The Morgan fingerprint density at radius 2 is 1.39 bits per heavy atom. The van der Waals surface area contributed by atoms with Gasteiger partial charge < -0.3 is 0 Å². The number of hydrogen-bond donors (Lipinski definition) is 0. The van der Waals surface area contributed by atoms with Crippen LogP contribution in [0, 0.1) is 11.8 Å². The van der Waals surface area contributed by atoms with Gasteiger partial charge in [0, 0.05) is 5.92 Å². The lowest BCUT2D eigenvalue weighted by Gasteiger charge is -2.35. The number of hydrogen-bond acceptors (Lipinski definition) is 0. The summed E-state index contributed by atoms with van der Waals surface area (Å²) in [6.07, 6.45) is 0.555. The van der Waals surface area contributed by atoms with E-state index >= 15 is 0 Å². The molecule has 8 heteroatoms. The minimum absolute atomic E-state index is 0.184. The Morgan fingerprint density at radius 1 is 0.889 bits per heavy atom. The molecular weight excluding hydrogens is 404 g/mol. The Balaban J connectivity index is 2.26. The zero-order valence-electron chi connectivity index (χ0n) is 8.54. The fourth-order valence-corrected chi connectivity index (χ4v) is 7.46. The van der Waals surface area contributed by atoms with Gasteiger partial charge in [-0.3, -0.25) is 0 Å². The molecule has 0 aromatic rings. The van der Waals surface area contributed by atoms with Crippen molar-refractivity contribution in [1.82, 2.24) is 0 Å². The third kappa shape index (κ3) is 1.28. The third-order valence-electron chi connectivity index (χ3n) is 4.32. The summed E-state index contributed by atoms with van der Waals surface area (Å²) in [5.41, 5.74) is 0. The third-order valence-corrected chi connectivity index (χ3v) is 9.79. The first kappa shape index (κ1) is 15.0. The van der Waals surface area contributed by atoms with Crippen molar-refractivity contribution in [2.75, 3.05) is 0 Å². The quantitative estimate of drug-likeness (QED) is 0.451. The minimum Gasteiger partial charge on any atom is -0.121 e. The van der Waals surface area contributed by atoms with Crippen molar-refractivity contribution in [2.24, 2.45) is 11.8 Å². The lowest BCUT2D eigenvalue weighted by atomic mass is 9.84. The van der Waals surface area contributed by atoms with Gasteiger partial charge in [-0.25, -0.2) is 0 Å². The predicted molar refractivity (Wildman–Crippen MR) is 81.2 cm³/mol. The van der Waals surface area contributed by atoms with E-state index in [0.717, 1.165) is 0 Å². The fourth-order valence-electron chi connectivity index (χ4n) is 3.48. The number of halogens is 8. The van der Waals surface area contributed by atoms with Gasteiger partial charge in [0.25, 0.3) is 0 Å². The zero-order chi connectivity index (χ0) is 13.7. The average molecular weight is 410 g/mol. The van der Waals surface area contributed by atoms with E-state index in [1.807, 2.05) is 0 Å². The molecular formula is C10H6Cl8. The van der Waals surface area contributed by atoms with Gasteiger partial charge in [-0.05, 0) is 12.3 Å². The summed E-state index contributed by atoms with van der Waals surface area (Å²) < 4.78 is -1.50. The van der Waals surface area contributed by atoms with Crippen LogP contribution in [-0.2, 0) is 0 Å². The summed E-state index contributed by atoms with van der Waals surface area (Å²) in [4.78, 5) is -2.50. The zero-order valence-corrected chi connectivity index (χ0v) is 14.6. The van der Waals surface area contributed by atoms with Crippen molar-refractivity contribution in [3.05, 3.63) is 10.1 Å². The van der Waals surface area contributed by atoms with Gasteiger partial charge in [0.05, 0.1) is 20.8 Å². The molecule has 3 aliphatic rings. The minimum atomic E-state index is -1.50. The molecule has 0 spiro atoms. The molecule has 6 atom stereocenters. The molecule has 102 valence electrons. The second kappa shape index (κ2) is 4.07. The van der Waals surface area contributed by atoms with Gasteiger partial charge in [0.2, 0.25) is 0 Å². The van der Waals surface area contributed by atoms with Crippen molar-refractivity contribution < 1.29 is 0 Å². The van der Waals surface area contributed by atoms with Crippen molar-refractivity contribution in [3.63, 3.8) is 0 Å². The van der Waals surface area contributed by atoms with Gasteiger partial charge in [0.15, 0.2) is 4.33 Å². The standard InChI is InChI=1S/C10H6Cl8/c11-3-1-2-4(5(3)12)9(16)7(14)6(13)8(2,15)10(9,17)18/h2-5H,1H2/t2?,3?,4?,5?,8-,9-/m1/s1. The number of alkyl halides is 6. The summed E-state index contributed by atoms with van der Waals surface area (Å²) in [7, 11) is 0. The van der Waals surface area contributed by atoms with E-state index in [2.05, 4.69) is 0 Å². The van der Waals surface area contributed by atoms with E-state index in [-0.39, 0.29) is 27.3 Å². The van der Waals surface area contributed by atoms with Crippen LogP contribution in [0.2, 0.25) is 0 Å². The fraction of sp³-hybridized carbons (Fsp3) is 0.800. The van der Waals surface area contributed by atoms with E-state index in [1.165, 1.54) is 0 Å². The summed E-state index contributed by atoms with van der Waals surface area (Å²) >= 11 is 51.0. The molecule has 0 aromatic heterocycles. The van der Waals surface area contributed by atoms with Crippen LogP contribution in [0.4, 0.5) is 0 Å². The molecule has 4 unspecified atom stereocenters. The molecule has 0 N–H and O–H groups in total. The van der Waals surface area contributed by atoms with Gasteiger partial charge in [0.1, 0.15) is 9.75 Å². The van der Waals surface area contributed by atoms with Crippen LogP contribution in [0.25, 0.3) is 0 Å². The summed E-state index contributed by atoms with van der Waals surface area (Å²) in [5, 5.41) is -0.259. The monoisotopic (exact) mass is 406 g/mol. The van der Waals surface area contributed by atoms with Crippen LogP contribution < -0.4 is 0 Å².